The van der Waals surface area contributed by atoms with E-state index in [2.05, 4.69) is 67.8 Å². The summed E-state index contributed by atoms with van der Waals surface area (Å²) in [5, 5.41) is 87.5. The molecular weight excluding hydrogens is 1150 g/mol. The van der Waals surface area contributed by atoms with Crippen molar-refractivity contribution in [3.63, 3.8) is 0 Å². The van der Waals surface area contributed by atoms with Crippen LogP contribution in [0.1, 0.15) is 328 Å². The van der Waals surface area contributed by atoms with Gasteiger partial charge in [-0.3, -0.25) is 4.79 Å². The second-order valence-corrected chi connectivity index (χ2v) is 26.8. The zero-order valence-electron chi connectivity index (χ0n) is 58.1. The molecule has 0 saturated carbocycles. The first kappa shape index (κ1) is 84.8. The average Bonchev–Trinajstić information content (AvgIpc) is 1.25. The van der Waals surface area contributed by atoms with E-state index in [0.717, 1.165) is 51.4 Å². The van der Waals surface area contributed by atoms with Crippen LogP contribution in [-0.4, -0.2) is 140 Å². The van der Waals surface area contributed by atoms with E-state index >= 15 is 0 Å². The van der Waals surface area contributed by atoms with Crippen molar-refractivity contribution in [3.8, 4) is 0 Å². The normalized spacial score (nSPS) is 23.1. The first-order chi connectivity index (χ1) is 44.6. The first-order valence-corrected chi connectivity index (χ1v) is 38.0. The summed E-state index contributed by atoms with van der Waals surface area (Å²) in [6.45, 7) is 2.81. The number of rotatable bonds is 63. The molecule has 14 heteroatoms. The third-order valence-electron chi connectivity index (χ3n) is 18.4. The second-order valence-electron chi connectivity index (χ2n) is 26.8. The summed E-state index contributed by atoms with van der Waals surface area (Å²) in [6, 6.07) is -0.940. The third-order valence-corrected chi connectivity index (χ3v) is 18.4. The zero-order chi connectivity index (χ0) is 65.9. The predicted molar refractivity (Wildman–Crippen MR) is 374 cm³/mol. The van der Waals surface area contributed by atoms with Gasteiger partial charge in [-0.15, -0.1) is 0 Å². The van der Waals surface area contributed by atoms with E-state index in [9.17, 15) is 45.6 Å². The van der Waals surface area contributed by atoms with Crippen LogP contribution in [0, 0.1) is 0 Å². The van der Waals surface area contributed by atoms with E-state index in [1.165, 1.54) is 244 Å². The molecular formula is C77H141NO13. The first-order valence-electron chi connectivity index (χ1n) is 38.0. The number of carbonyl (C=O) groups excluding carboxylic acids is 1. The number of amides is 1. The van der Waals surface area contributed by atoms with Gasteiger partial charge in [0.25, 0.3) is 0 Å². The second kappa shape index (κ2) is 61.3. The molecule has 14 nitrogen and oxygen atoms in total. The molecule has 2 fully saturated rings. The molecule has 2 saturated heterocycles. The Morgan fingerprint density at radius 1 is 0.396 bits per heavy atom. The molecule has 9 N–H and O–H groups in total. The Kier molecular flexibility index (Phi) is 57.1. The molecule has 0 bridgehead atoms. The standard InChI is InChI=1S/C77H141NO13/c1-3-5-7-9-11-13-15-17-19-21-23-25-27-29-31-32-33-34-35-37-39-41-43-45-47-49-51-53-55-57-59-61-69(82)78-65(64-88-76-74(87)72(85)75(68(63-80)90-76)91-77-73(86)71(84)70(83)67(62-79)89-77)66(81)60-58-56-54-52-50-48-46-44-42-40-38-36-30-28-26-24-22-20-18-16-14-12-10-8-6-4-2/h15,17,21,23,42,44,50,52,58,60,65-68,70-77,79-81,83-87H,3-14,16,18-20,22,24-41,43,45-49,51,53-57,59,61-64H2,1-2H3,(H,78,82)/b17-15-,23-21-,44-42+,52-50+,60-58+. The van der Waals surface area contributed by atoms with Crippen molar-refractivity contribution in [2.24, 2.45) is 0 Å². The summed E-state index contributed by atoms with van der Waals surface area (Å²) >= 11 is 0. The minimum Gasteiger partial charge on any atom is -0.394 e. The van der Waals surface area contributed by atoms with Gasteiger partial charge in [0.1, 0.15) is 48.8 Å². The van der Waals surface area contributed by atoms with Gasteiger partial charge in [0, 0.05) is 6.42 Å². The number of nitrogens with one attached hydrogen (secondary N) is 1. The topological polar surface area (TPSA) is 228 Å². The molecule has 0 radical (unpaired) electrons. The molecule has 0 aromatic heterocycles. The molecule has 0 aliphatic carbocycles. The zero-order valence-corrected chi connectivity index (χ0v) is 58.1. The Morgan fingerprint density at radius 3 is 1.14 bits per heavy atom. The summed E-state index contributed by atoms with van der Waals surface area (Å²) in [5.74, 6) is -0.249. The van der Waals surface area contributed by atoms with Gasteiger partial charge in [0.15, 0.2) is 12.6 Å². The summed E-state index contributed by atoms with van der Waals surface area (Å²) in [7, 11) is 0. The van der Waals surface area contributed by atoms with Crippen LogP contribution in [0.3, 0.4) is 0 Å². The number of hydrogen-bond acceptors (Lipinski definition) is 13. The molecule has 12 atom stereocenters. The van der Waals surface area contributed by atoms with Crippen LogP contribution >= 0.6 is 0 Å². The van der Waals surface area contributed by atoms with Gasteiger partial charge >= 0.3 is 0 Å². The van der Waals surface area contributed by atoms with Crippen molar-refractivity contribution in [1.29, 1.82) is 0 Å². The summed E-state index contributed by atoms with van der Waals surface area (Å²) in [6.07, 6.45) is 65.8. The van der Waals surface area contributed by atoms with E-state index in [1.54, 1.807) is 6.08 Å². The number of allylic oxidation sites excluding steroid dienone is 9. The van der Waals surface area contributed by atoms with Gasteiger partial charge in [-0.05, 0) is 77.0 Å². The highest BCUT2D eigenvalue weighted by Crippen LogP contribution is 2.30. The number of ether oxygens (including phenoxy) is 4. The van der Waals surface area contributed by atoms with Crippen LogP contribution in [0.15, 0.2) is 60.8 Å². The fourth-order valence-electron chi connectivity index (χ4n) is 12.4. The highest BCUT2D eigenvalue weighted by molar-refractivity contribution is 5.76. The van der Waals surface area contributed by atoms with Crippen molar-refractivity contribution in [2.45, 2.75) is 402 Å². The smallest absolute Gasteiger partial charge is 0.220 e. The third kappa shape index (κ3) is 44.9. The maximum atomic E-state index is 13.4. The van der Waals surface area contributed by atoms with E-state index in [1.807, 2.05) is 6.08 Å². The molecule has 91 heavy (non-hydrogen) atoms. The molecule has 12 unspecified atom stereocenters. The fourth-order valence-corrected chi connectivity index (χ4v) is 12.4. The Labute approximate surface area is 556 Å². The molecule has 1 amide bonds. The van der Waals surface area contributed by atoms with Crippen molar-refractivity contribution in [2.75, 3.05) is 19.8 Å². The largest absolute Gasteiger partial charge is 0.394 e. The van der Waals surface area contributed by atoms with Crippen molar-refractivity contribution >= 4 is 5.91 Å². The SMILES string of the molecule is CCCCCCC/C=C\C/C=C\CCCCCCCCCCCCCCCCCCCCCC(=O)NC(COC1OC(CO)C(OC2OC(CO)C(O)C(O)C2O)C(O)C1O)C(O)/C=C/CC/C=C/CC/C=C/CCCCCCCCCCCCCCCCCC. The van der Waals surface area contributed by atoms with Crippen molar-refractivity contribution in [3.05, 3.63) is 60.8 Å². The van der Waals surface area contributed by atoms with Crippen LogP contribution in [0.25, 0.3) is 0 Å². The van der Waals surface area contributed by atoms with Crippen LogP contribution in [0.2, 0.25) is 0 Å². The monoisotopic (exact) mass is 1290 g/mol. The van der Waals surface area contributed by atoms with E-state index in [4.69, 9.17) is 18.9 Å². The molecule has 532 valence electrons. The minimum absolute atomic E-state index is 0.249. The molecule has 0 aromatic carbocycles. The number of hydrogen-bond donors (Lipinski definition) is 9. The minimum atomic E-state index is -1.79. The highest BCUT2D eigenvalue weighted by atomic mass is 16.7. The van der Waals surface area contributed by atoms with Gasteiger partial charge < -0.3 is 65.1 Å². The van der Waals surface area contributed by atoms with Crippen LogP contribution < -0.4 is 5.32 Å². The Balaban J connectivity index is 1.66. The van der Waals surface area contributed by atoms with Crippen LogP contribution in [0.5, 0.6) is 0 Å². The fraction of sp³-hybridized carbons (Fsp3) is 0.857. The lowest BCUT2D eigenvalue weighted by Crippen LogP contribution is -2.65. The van der Waals surface area contributed by atoms with Crippen molar-refractivity contribution in [1.82, 2.24) is 5.32 Å². The molecule has 0 spiro atoms. The molecule has 2 rings (SSSR count). The number of aliphatic hydroxyl groups excluding tert-OH is 8. The summed E-state index contributed by atoms with van der Waals surface area (Å²) < 4.78 is 22.9. The van der Waals surface area contributed by atoms with E-state index in [-0.39, 0.29) is 18.9 Å². The van der Waals surface area contributed by atoms with E-state index in [0.29, 0.717) is 12.8 Å². The molecule has 2 aliphatic heterocycles. The van der Waals surface area contributed by atoms with Gasteiger partial charge in [-0.25, -0.2) is 0 Å². The average molecular weight is 1290 g/mol. The Morgan fingerprint density at radius 2 is 0.736 bits per heavy atom. The lowest BCUT2D eigenvalue weighted by molar-refractivity contribution is -0.359. The van der Waals surface area contributed by atoms with Gasteiger partial charge in [-0.2, -0.15) is 0 Å². The van der Waals surface area contributed by atoms with Crippen molar-refractivity contribution < 1.29 is 64.6 Å². The maximum Gasteiger partial charge on any atom is 0.220 e. The van der Waals surface area contributed by atoms with E-state index < -0.39 is 86.8 Å². The predicted octanol–water partition coefficient (Wildman–Crippen LogP) is 16.4. The molecule has 2 heterocycles. The Hall–Kier alpha value is -2.31. The number of aliphatic hydroxyl groups is 8. The lowest BCUT2D eigenvalue weighted by Gasteiger charge is -2.46. The van der Waals surface area contributed by atoms with Crippen LogP contribution in [-0.2, 0) is 23.7 Å². The highest BCUT2D eigenvalue weighted by Gasteiger charge is 2.51. The van der Waals surface area contributed by atoms with Gasteiger partial charge in [0.2, 0.25) is 5.91 Å². The number of unbranched alkanes of at least 4 members (excludes halogenated alkanes) is 42. The molecule has 0 aromatic rings. The number of carbonyl (C=O) groups is 1. The molecule has 2 aliphatic rings. The Bertz CT molecular complexity index is 1760. The maximum absolute atomic E-state index is 13.4. The summed E-state index contributed by atoms with van der Waals surface area (Å²) in [5.41, 5.74) is 0. The van der Waals surface area contributed by atoms with Gasteiger partial charge in [0.05, 0.1) is 32.0 Å². The summed E-state index contributed by atoms with van der Waals surface area (Å²) in [4.78, 5) is 13.4. The van der Waals surface area contributed by atoms with Crippen LogP contribution in [0.4, 0.5) is 0 Å². The van der Waals surface area contributed by atoms with Gasteiger partial charge in [-0.1, -0.05) is 306 Å². The lowest BCUT2D eigenvalue weighted by atomic mass is 9.97. The quantitative estimate of drug-likeness (QED) is 0.0204.